The smallest absolute Gasteiger partial charge is 0.271 e. The summed E-state index contributed by atoms with van der Waals surface area (Å²) < 4.78 is 37.2. The van der Waals surface area contributed by atoms with Crippen LogP contribution in [0.1, 0.15) is 15.9 Å². The van der Waals surface area contributed by atoms with E-state index in [1.165, 1.54) is 51.7 Å². The van der Waals surface area contributed by atoms with Gasteiger partial charge in [0.25, 0.3) is 15.9 Å². The number of amides is 1. The second-order valence-electron chi connectivity index (χ2n) is 6.61. The predicted molar refractivity (Wildman–Crippen MR) is 123 cm³/mol. The normalized spacial score (nSPS) is 11.2. The van der Waals surface area contributed by atoms with Gasteiger partial charge < -0.3 is 9.47 Å². The van der Waals surface area contributed by atoms with Crippen molar-refractivity contribution < 1.29 is 22.7 Å². The van der Waals surface area contributed by atoms with Gasteiger partial charge >= 0.3 is 0 Å². The van der Waals surface area contributed by atoms with Crippen LogP contribution in [0.5, 0.6) is 11.5 Å². The van der Waals surface area contributed by atoms with Crippen LogP contribution in [0.4, 0.5) is 5.69 Å². The van der Waals surface area contributed by atoms with Crippen molar-refractivity contribution in [3.63, 3.8) is 0 Å². The minimum absolute atomic E-state index is 0.187. The lowest BCUT2D eigenvalue weighted by molar-refractivity contribution is 0.0955. The van der Waals surface area contributed by atoms with E-state index in [2.05, 4.69) is 10.5 Å². The number of nitrogens with one attached hydrogen (secondary N) is 1. The second kappa shape index (κ2) is 9.97. The first kappa shape index (κ1) is 22.8. The number of hydrazone groups is 1. The molecule has 0 atom stereocenters. The maximum Gasteiger partial charge on any atom is 0.271 e. The molecule has 9 heteroatoms. The van der Waals surface area contributed by atoms with Crippen molar-refractivity contribution in [1.29, 1.82) is 0 Å². The fourth-order valence-corrected chi connectivity index (χ4v) is 4.17. The van der Waals surface area contributed by atoms with E-state index in [-0.39, 0.29) is 4.90 Å². The average Bonchev–Trinajstić information content (AvgIpc) is 2.83. The van der Waals surface area contributed by atoms with Crippen LogP contribution >= 0.6 is 0 Å². The van der Waals surface area contributed by atoms with E-state index in [1.54, 1.807) is 48.5 Å². The van der Waals surface area contributed by atoms with E-state index < -0.39 is 15.9 Å². The molecule has 0 radical (unpaired) electrons. The van der Waals surface area contributed by atoms with Crippen molar-refractivity contribution in [1.82, 2.24) is 5.43 Å². The summed E-state index contributed by atoms with van der Waals surface area (Å²) in [5, 5.41) is 3.97. The molecular formula is C23H23N3O5S. The molecule has 0 aliphatic carbocycles. The Bertz CT molecular complexity index is 1210. The summed E-state index contributed by atoms with van der Waals surface area (Å²) in [6.45, 7) is 0. The van der Waals surface area contributed by atoms with Gasteiger partial charge in [-0.3, -0.25) is 9.10 Å². The largest absolute Gasteiger partial charge is 0.493 e. The molecule has 3 aromatic rings. The van der Waals surface area contributed by atoms with Crippen molar-refractivity contribution in [3.8, 4) is 11.5 Å². The topological polar surface area (TPSA) is 97.3 Å². The molecule has 166 valence electrons. The van der Waals surface area contributed by atoms with Gasteiger partial charge in [-0.25, -0.2) is 13.8 Å². The van der Waals surface area contributed by atoms with E-state index in [1.807, 2.05) is 0 Å². The number of benzene rings is 3. The zero-order valence-electron chi connectivity index (χ0n) is 17.8. The third-order valence-corrected chi connectivity index (χ3v) is 6.50. The Morgan fingerprint density at radius 3 is 2.25 bits per heavy atom. The maximum atomic E-state index is 12.7. The number of ether oxygens (including phenoxy) is 2. The van der Waals surface area contributed by atoms with Gasteiger partial charge in [-0.05, 0) is 48.5 Å². The van der Waals surface area contributed by atoms with Gasteiger partial charge in [0.2, 0.25) is 0 Å². The van der Waals surface area contributed by atoms with E-state index in [4.69, 9.17) is 9.47 Å². The Hall–Kier alpha value is -3.85. The summed E-state index contributed by atoms with van der Waals surface area (Å²) in [5.41, 5.74) is 3.83. The molecule has 8 nitrogen and oxygen atoms in total. The predicted octanol–water partition coefficient (Wildman–Crippen LogP) is 3.29. The summed E-state index contributed by atoms with van der Waals surface area (Å²) in [4.78, 5) is 12.6. The highest BCUT2D eigenvalue weighted by atomic mass is 32.2. The van der Waals surface area contributed by atoms with Crippen LogP contribution in [0.15, 0.2) is 82.8 Å². The number of methoxy groups -OCH3 is 2. The molecule has 0 saturated heterocycles. The summed E-state index contributed by atoms with van der Waals surface area (Å²) in [5.74, 6) is 0.608. The van der Waals surface area contributed by atoms with Gasteiger partial charge in [0.1, 0.15) is 0 Å². The number of para-hydroxylation sites is 1. The van der Waals surface area contributed by atoms with Gasteiger partial charge in [-0.2, -0.15) is 5.10 Å². The molecule has 0 unspecified atom stereocenters. The second-order valence-corrected chi connectivity index (χ2v) is 8.58. The summed E-state index contributed by atoms with van der Waals surface area (Å²) in [7, 11) is 0.819. The summed E-state index contributed by atoms with van der Waals surface area (Å²) >= 11 is 0. The molecule has 1 N–H and O–H groups in total. The quantitative estimate of drug-likeness (QED) is 0.417. The molecule has 3 aromatic carbocycles. The van der Waals surface area contributed by atoms with E-state index in [9.17, 15) is 13.2 Å². The molecule has 32 heavy (non-hydrogen) atoms. The van der Waals surface area contributed by atoms with Crippen molar-refractivity contribution in [2.45, 2.75) is 4.90 Å². The molecule has 0 fully saturated rings. The van der Waals surface area contributed by atoms with Gasteiger partial charge in [-0.15, -0.1) is 0 Å². The van der Waals surface area contributed by atoms with Crippen molar-refractivity contribution in [3.05, 3.63) is 83.9 Å². The molecule has 0 saturated carbocycles. The van der Waals surface area contributed by atoms with Crippen LogP contribution in [0.25, 0.3) is 0 Å². The van der Waals surface area contributed by atoms with Gasteiger partial charge in [-0.1, -0.05) is 24.3 Å². The summed E-state index contributed by atoms with van der Waals surface area (Å²) in [6.07, 6.45) is 1.45. The number of hydrogen-bond donors (Lipinski definition) is 1. The number of nitrogens with zero attached hydrogens (tertiary/aromatic N) is 2. The number of anilines is 1. The molecular weight excluding hydrogens is 430 g/mol. The highest BCUT2D eigenvalue weighted by Crippen LogP contribution is 2.29. The number of sulfonamides is 1. The average molecular weight is 454 g/mol. The third kappa shape index (κ3) is 4.89. The molecule has 0 heterocycles. The van der Waals surface area contributed by atoms with Crippen molar-refractivity contribution >= 4 is 27.8 Å². The van der Waals surface area contributed by atoms with Gasteiger partial charge in [0, 0.05) is 18.2 Å². The van der Waals surface area contributed by atoms with Gasteiger partial charge in [0.15, 0.2) is 11.5 Å². The number of rotatable bonds is 8. The minimum Gasteiger partial charge on any atom is -0.493 e. The zero-order chi connectivity index (χ0) is 23.1. The van der Waals surface area contributed by atoms with Gasteiger partial charge in [0.05, 0.1) is 31.0 Å². The molecule has 3 rings (SSSR count). The first-order valence-corrected chi connectivity index (χ1v) is 11.0. The number of carbonyl (C=O) groups excluding carboxylic acids is 1. The molecule has 0 aromatic heterocycles. The van der Waals surface area contributed by atoms with Crippen LogP contribution in [-0.4, -0.2) is 41.8 Å². The van der Waals surface area contributed by atoms with E-state index >= 15 is 0 Å². The maximum absolute atomic E-state index is 12.7. The van der Waals surface area contributed by atoms with E-state index in [0.29, 0.717) is 28.3 Å². The number of hydrogen-bond acceptors (Lipinski definition) is 6. The van der Waals surface area contributed by atoms with Crippen LogP contribution in [0.3, 0.4) is 0 Å². The first-order valence-electron chi connectivity index (χ1n) is 9.57. The fourth-order valence-electron chi connectivity index (χ4n) is 2.95. The lowest BCUT2D eigenvalue weighted by atomic mass is 10.2. The van der Waals surface area contributed by atoms with E-state index in [0.717, 1.165) is 4.31 Å². The minimum atomic E-state index is -3.70. The lowest BCUT2D eigenvalue weighted by Gasteiger charge is -2.19. The third-order valence-electron chi connectivity index (χ3n) is 4.70. The Labute approximate surface area is 187 Å². The molecule has 0 aliphatic rings. The zero-order valence-corrected chi connectivity index (χ0v) is 18.7. The molecule has 0 bridgehead atoms. The van der Waals surface area contributed by atoms with Crippen molar-refractivity contribution in [2.75, 3.05) is 25.6 Å². The summed E-state index contributed by atoms with van der Waals surface area (Å²) in [6, 6.07) is 19.6. The lowest BCUT2D eigenvalue weighted by Crippen LogP contribution is -2.26. The SMILES string of the molecule is COc1cccc(/C=N\NC(=O)c2ccc(N(C)S(=O)(=O)c3ccccc3)cc2)c1OC. The first-order chi connectivity index (χ1) is 15.4. The van der Waals surface area contributed by atoms with Crippen LogP contribution in [0.2, 0.25) is 0 Å². The highest BCUT2D eigenvalue weighted by molar-refractivity contribution is 7.92. The molecule has 0 aliphatic heterocycles. The Morgan fingerprint density at radius 1 is 0.938 bits per heavy atom. The molecule has 1 amide bonds. The highest BCUT2D eigenvalue weighted by Gasteiger charge is 2.21. The van der Waals surface area contributed by atoms with Crippen LogP contribution < -0.4 is 19.2 Å². The van der Waals surface area contributed by atoms with Crippen molar-refractivity contribution in [2.24, 2.45) is 5.10 Å². The Morgan fingerprint density at radius 2 is 1.62 bits per heavy atom. The standard InChI is InChI=1S/C23H23N3O5S/c1-26(32(28,29)20-9-5-4-6-10-20)19-14-12-17(13-15-19)23(27)25-24-16-18-8-7-11-21(30-2)22(18)31-3/h4-16H,1-3H3,(H,25,27)/b24-16-. The Balaban J connectivity index is 1.70. The van der Waals surface area contributed by atoms with Crippen LogP contribution in [-0.2, 0) is 10.0 Å². The monoisotopic (exact) mass is 453 g/mol. The van der Waals surface area contributed by atoms with Crippen LogP contribution in [0, 0.1) is 0 Å². The molecule has 0 spiro atoms. The number of carbonyl (C=O) groups is 1. The fraction of sp³-hybridized carbons (Fsp3) is 0.130. The Kier molecular flexibility index (Phi) is 7.11.